The number of fused-ring (bicyclic) bond motifs is 1. The quantitative estimate of drug-likeness (QED) is 0.916. The van der Waals surface area contributed by atoms with E-state index in [9.17, 15) is 4.79 Å². The Labute approximate surface area is 142 Å². The molecule has 1 atom stereocenters. The first kappa shape index (κ1) is 16.4. The number of hydrogen-bond acceptors (Lipinski definition) is 3. The van der Waals surface area contributed by atoms with Crippen LogP contribution in [0.4, 0.5) is 4.79 Å². The molecular formula is C18H24N4O2. The average molecular weight is 328 g/mol. The Morgan fingerprint density at radius 3 is 3.04 bits per heavy atom. The first-order chi connectivity index (χ1) is 11.7. The molecule has 1 aliphatic heterocycles. The van der Waals surface area contributed by atoms with Crippen LogP contribution in [0.2, 0.25) is 0 Å². The van der Waals surface area contributed by atoms with Crippen LogP contribution in [0.3, 0.4) is 0 Å². The minimum atomic E-state index is -0.00390. The van der Waals surface area contributed by atoms with Gasteiger partial charge in [0.2, 0.25) is 0 Å². The third-order valence-corrected chi connectivity index (χ3v) is 4.39. The molecule has 0 radical (unpaired) electrons. The first-order valence-electron chi connectivity index (χ1n) is 8.32. The number of nitrogens with one attached hydrogen (secondary N) is 1. The monoisotopic (exact) mass is 328 g/mol. The summed E-state index contributed by atoms with van der Waals surface area (Å²) in [6, 6.07) is 7.93. The van der Waals surface area contributed by atoms with Gasteiger partial charge in [-0.1, -0.05) is 19.1 Å². The summed E-state index contributed by atoms with van der Waals surface area (Å²) in [5, 5.41) is 7.23. The molecule has 0 spiro atoms. The fourth-order valence-corrected chi connectivity index (χ4v) is 3.10. The SMILES string of the molecule is COc1cccc2c1CCN(C(=O)NC[C@@H](C)Cn1cccn1)C2. The Hall–Kier alpha value is -2.50. The highest BCUT2D eigenvalue weighted by Gasteiger charge is 2.22. The van der Waals surface area contributed by atoms with Gasteiger partial charge in [0.15, 0.2) is 0 Å². The Morgan fingerprint density at radius 2 is 2.29 bits per heavy atom. The largest absolute Gasteiger partial charge is 0.496 e. The lowest BCUT2D eigenvalue weighted by Gasteiger charge is -2.30. The highest BCUT2D eigenvalue weighted by atomic mass is 16.5. The number of amides is 2. The van der Waals surface area contributed by atoms with E-state index in [2.05, 4.69) is 23.4 Å². The van der Waals surface area contributed by atoms with Gasteiger partial charge < -0.3 is 15.0 Å². The molecule has 2 amide bonds. The van der Waals surface area contributed by atoms with Crippen LogP contribution >= 0.6 is 0 Å². The molecule has 2 heterocycles. The average Bonchev–Trinajstić information content (AvgIpc) is 3.11. The van der Waals surface area contributed by atoms with E-state index in [0.29, 0.717) is 25.6 Å². The molecule has 6 heteroatoms. The van der Waals surface area contributed by atoms with Gasteiger partial charge in [0, 0.05) is 44.1 Å². The minimum Gasteiger partial charge on any atom is -0.496 e. The van der Waals surface area contributed by atoms with E-state index in [1.807, 2.05) is 34.0 Å². The molecule has 0 aliphatic carbocycles. The molecule has 1 N–H and O–H groups in total. The number of methoxy groups -OCH3 is 1. The Kier molecular flexibility index (Phi) is 5.03. The van der Waals surface area contributed by atoms with Crippen molar-refractivity contribution in [3.63, 3.8) is 0 Å². The van der Waals surface area contributed by atoms with E-state index in [4.69, 9.17) is 4.74 Å². The number of ether oxygens (including phenoxy) is 1. The normalized spacial score (nSPS) is 14.8. The standard InChI is InChI=1S/C18H24N4O2/c1-14(12-22-9-4-8-20-22)11-19-18(23)21-10-7-16-15(13-21)5-3-6-17(16)24-2/h3-6,8-9,14H,7,10-13H2,1-2H3,(H,19,23)/t14-/m1/s1. The molecule has 0 unspecified atom stereocenters. The van der Waals surface area contributed by atoms with Crippen LogP contribution in [-0.4, -0.2) is 40.9 Å². The molecule has 0 bridgehead atoms. The second-order valence-corrected chi connectivity index (χ2v) is 6.29. The Balaban J connectivity index is 1.52. The Morgan fingerprint density at radius 1 is 1.42 bits per heavy atom. The summed E-state index contributed by atoms with van der Waals surface area (Å²) >= 11 is 0. The van der Waals surface area contributed by atoms with Crippen molar-refractivity contribution in [1.82, 2.24) is 20.0 Å². The second kappa shape index (κ2) is 7.38. The smallest absolute Gasteiger partial charge is 0.317 e. The zero-order valence-corrected chi connectivity index (χ0v) is 14.2. The summed E-state index contributed by atoms with van der Waals surface area (Å²) in [7, 11) is 1.69. The second-order valence-electron chi connectivity index (χ2n) is 6.29. The lowest BCUT2D eigenvalue weighted by atomic mass is 9.99. The molecule has 0 saturated heterocycles. The van der Waals surface area contributed by atoms with Crippen molar-refractivity contribution in [2.75, 3.05) is 20.2 Å². The topological polar surface area (TPSA) is 59.4 Å². The minimum absolute atomic E-state index is 0.00390. The number of nitrogens with zero attached hydrogens (tertiary/aromatic N) is 3. The molecule has 1 aromatic carbocycles. The third-order valence-electron chi connectivity index (χ3n) is 4.39. The maximum absolute atomic E-state index is 12.4. The Bertz CT molecular complexity index is 684. The zero-order chi connectivity index (χ0) is 16.9. The lowest BCUT2D eigenvalue weighted by molar-refractivity contribution is 0.189. The van der Waals surface area contributed by atoms with E-state index < -0.39 is 0 Å². The number of urea groups is 1. The first-order valence-corrected chi connectivity index (χ1v) is 8.32. The van der Waals surface area contributed by atoms with Crippen molar-refractivity contribution in [3.8, 4) is 5.75 Å². The summed E-state index contributed by atoms with van der Waals surface area (Å²) in [5.41, 5.74) is 2.39. The van der Waals surface area contributed by atoms with Crippen molar-refractivity contribution in [3.05, 3.63) is 47.8 Å². The summed E-state index contributed by atoms with van der Waals surface area (Å²) in [5.74, 6) is 1.24. The lowest BCUT2D eigenvalue weighted by Crippen LogP contribution is -2.44. The van der Waals surface area contributed by atoms with Crippen molar-refractivity contribution in [2.45, 2.75) is 26.4 Å². The molecule has 0 saturated carbocycles. The number of carbonyl (C=O) groups excluding carboxylic acids is 1. The fraction of sp³-hybridized carbons (Fsp3) is 0.444. The van der Waals surface area contributed by atoms with E-state index in [1.165, 1.54) is 11.1 Å². The predicted octanol–water partition coefficient (Wildman–Crippen LogP) is 2.30. The zero-order valence-electron chi connectivity index (χ0n) is 14.2. The van der Waals surface area contributed by atoms with Gasteiger partial charge in [-0.3, -0.25) is 4.68 Å². The predicted molar refractivity (Wildman–Crippen MR) is 91.9 cm³/mol. The van der Waals surface area contributed by atoms with Crippen LogP contribution in [0.5, 0.6) is 5.75 Å². The summed E-state index contributed by atoms with van der Waals surface area (Å²) in [6.45, 7) is 4.89. The number of benzene rings is 1. The maximum atomic E-state index is 12.4. The van der Waals surface area contributed by atoms with Gasteiger partial charge in [-0.05, 0) is 30.0 Å². The molecule has 1 aliphatic rings. The van der Waals surface area contributed by atoms with Gasteiger partial charge in [-0.15, -0.1) is 0 Å². The molecule has 6 nitrogen and oxygen atoms in total. The summed E-state index contributed by atoms with van der Waals surface area (Å²) in [4.78, 5) is 14.3. The molecule has 24 heavy (non-hydrogen) atoms. The van der Waals surface area contributed by atoms with E-state index in [1.54, 1.807) is 13.3 Å². The van der Waals surface area contributed by atoms with Crippen molar-refractivity contribution in [1.29, 1.82) is 0 Å². The fourth-order valence-electron chi connectivity index (χ4n) is 3.10. The number of rotatable bonds is 5. The van der Waals surface area contributed by atoms with Crippen LogP contribution < -0.4 is 10.1 Å². The van der Waals surface area contributed by atoms with Gasteiger partial charge in [-0.25, -0.2) is 4.79 Å². The highest BCUT2D eigenvalue weighted by molar-refractivity contribution is 5.74. The van der Waals surface area contributed by atoms with Crippen LogP contribution in [0.15, 0.2) is 36.7 Å². The van der Waals surface area contributed by atoms with E-state index in [0.717, 1.165) is 18.7 Å². The van der Waals surface area contributed by atoms with Gasteiger partial charge in [0.25, 0.3) is 0 Å². The van der Waals surface area contributed by atoms with Crippen LogP contribution in [0.1, 0.15) is 18.1 Å². The van der Waals surface area contributed by atoms with Gasteiger partial charge >= 0.3 is 6.03 Å². The molecular weight excluding hydrogens is 304 g/mol. The molecule has 0 fully saturated rings. The van der Waals surface area contributed by atoms with Crippen LogP contribution in [0.25, 0.3) is 0 Å². The summed E-state index contributed by atoms with van der Waals surface area (Å²) < 4.78 is 7.30. The molecule has 128 valence electrons. The van der Waals surface area contributed by atoms with Gasteiger partial charge in [0.1, 0.15) is 5.75 Å². The van der Waals surface area contributed by atoms with E-state index in [-0.39, 0.29) is 6.03 Å². The van der Waals surface area contributed by atoms with Crippen molar-refractivity contribution in [2.24, 2.45) is 5.92 Å². The molecule has 2 aromatic rings. The van der Waals surface area contributed by atoms with Crippen molar-refractivity contribution >= 4 is 6.03 Å². The molecule has 3 rings (SSSR count). The number of hydrogen-bond donors (Lipinski definition) is 1. The summed E-state index contributed by atoms with van der Waals surface area (Å²) in [6.07, 6.45) is 4.54. The van der Waals surface area contributed by atoms with Crippen LogP contribution in [0, 0.1) is 5.92 Å². The molecule has 1 aromatic heterocycles. The number of carbonyl (C=O) groups is 1. The highest BCUT2D eigenvalue weighted by Crippen LogP contribution is 2.27. The maximum Gasteiger partial charge on any atom is 0.317 e. The number of aromatic nitrogens is 2. The third kappa shape index (κ3) is 3.69. The van der Waals surface area contributed by atoms with Gasteiger partial charge in [0.05, 0.1) is 7.11 Å². The van der Waals surface area contributed by atoms with E-state index >= 15 is 0 Å². The van der Waals surface area contributed by atoms with Gasteiger partial charge in [-0.2, -0.15) is 5.10 Å². The van der Waals surface area contributed by atoms with Crippen LogP contribution in [-0.2, 0) is 19.5 Å². The van der Waals surface area contributed by atoms with Crippen molar-refractivity contribution < 1.29 is 9.53 Å².